The maximum Gasteiger partial charge on any atom is 0.254 e. The third kappa shape index (κ3) is 3.01. The van der Waals surface area contributed by atoms with Crippen molar-refractivity contribution in [1.82, 2.24) is 14.9 Å². The number of anilines is 1. The van der Waals surface area contributed by atoms with Gasteiger partial charge in [0.1, 0.15) is 11.6 Å². The first-order valence-electron chi connectivity index (χ1n) is 8.36. The SMILES string of the molecule is Nc1cncc(-c2ccc(C(=O)N3CCC3c3ccc(F)cc3)cc2)n1. The maximum atomic E-state index is 13.1. The highest BCUT2D eigenvalue weighted by Crippen LogP contribution is 2.34. The van der Waals surface area contributed by atoms with Gasteiger partial charge in [0, 0.05) is 17.7 Å². The average molecular weight is 348 g/mol. The number of amides is 1. The van der Waals surface area contributed by atoms with Crippen LogP contribution in [-0.4, -0.2) is 27.3 Å². The first-order valence-corrected chi connectivity index (χ1v) is 8.36. The number of likely N-dealkylation sites (tertiary alicyclic amines) is 1. The lowest BCUT2D eigenvalue weighted by molar-refractivity contribution is 0.0460. The molecule has 1 saturated heterocycles. The third-order valence-electron chi connectivity index (χ3n) is 4.62. The van der Waals surface area contributed by atoms with Crippen molar-refractivity contribution in [3.63, 3.8) is 0 Å². The minimum absolute atomic E-state index is 0.00237. The molecule has 1 unspecified atom stereocenters. The molecule has 0 aliphatic carbocycles. The molecule has 1 atom stereocenters. The largest absolute Gasteiger partial charge is 0.382 e. The fourth-order valence-corrected chi connectivity index (χ4v) is 3.13. The second-order valence-corrected chi connectivity index (χ2v) is 6.26. The number of nitrogens with zero attached hydrogens (tertiary/aromatic N) is 3. The molecule has 0 saturated carbocycles. The summed E-state index contributed by atoms with van der Waals surface area (Å²) in [6, 6.07) is 13.6. The lowest BCUT2D eigenvalue weighted by Gasteiger charge is -2.41. The molecule has 2 N–H and O–H groups in total. The van der Waals surface area contributed by atoms with E-state index in [1.54, 1.807) is 30.5 Å². The Hall–Kier alpha value is -3.28. The highest BCUT2D eigenvalue weighted by molar-refractivity contribution is 5.95. The monoisotopic (exact) mass is 348 g/mol. The van der Waals surface area contributed by atoms with E-state index in [9.17, 15) is 9.18 Å². The Kier molecular flexibility index (Phi) is 4.08. The van der Waals surface area contributed by atoms with Gasteiger partial charge in [0.2, 0.25) is 0 Å². The maximum absolute atomic E-state index is 13.1. The smallest absolute Gasteiger partial charge is 0.254 e. The topological polar surface area (TPSA) is 72.1 Å². The number of carbonyl (C=O) groups is 1. The van der Waals surface area contributed by atoms with Crippen LogP contribution < -0.4 is 5.73 Å². The van der Waals surface area contributed by atoms with Gasteiger partial charge in [-0.3, -0.25) is 9.78 Å². The number of hydrogen-bond donors (Lipinski definition) is 1. The van der Waals surface area contributed by atoms with Crippen molar-refractivity contribution in [2.45, 2.75) is 12.5 Å². The van der Waals surface area contributed by atoms with Crippen molar-refractivity contribution in [2.75, 3.05) is 12.3 Å². The molecular weight excluding hydrogens is 331 g/mol. The van der Waals surface area contributed by atoms with E-state index in [0.717, 1.165) is 17.5 Å². The van der Waals surface area contributed by atoms with Gasteiger partial charge in [-0.1, -0.05) is 24.3 Å². The van der Waals surface area contributed by atoms with Crippen LogP contribution in [0.15, 0.2) is 60.9 Å². The van der Waals surface area contributed by atoms with Gasteiger partial charge in [0.25, 0.3) is 5.91 Å². The Morgan fingerprint density at radius 1 is 1.08 bits per heavy atom. The third-order valence-corrected chi connectivity index (χ3v) is 4.62. The van der Waals surface area contributed by atoms with E-state index in [1.165, 1.54) is 18.3 Å². The Bertz CT molecular complexity index is 941. The van der Waals surface area contributed by atoms with Gasteiger partial charge < -0.3 is 10.6 Å². The molecule has 0 radical (unpaired) electrons. The van der Waals surface area contributed by atoms with Gasteiger partial charge in [-0.2, -0.15) is 0 Å². The number of nitrogen functional groups attached to an aromatic ring is 1. The van der Waals surface area contributed by atoms with Crippen LogP contribution in [0.4, 0.5) is 10.2 Å². The Balaban J connectivity index is 1.52. The molecule has 1 fully saturated rings. The second kappa shape index (κ2) is 6.55. The van der Waals surface area contributed by atoms with E-state index in [2.05, 4.69) is 9.97 Å². The van der Waals surface area contributed by atoms with Gasteiger partial charge in [0.05, 0.1) is 24.1 Å². The van der Waals surface area contributed by atoms with Gasteiger partial charge in [-0.25, -0.2) is 9.37 Å². The molecule has 1 amide bonds. The van der Waals surface area contributed by atoms with Crippen LogP contribution in [-0.2, 0) is 0 Å². The Morgan fingerprint density at radius 3 is 2.42 bits per heavy atom. The van der Waals surface area contributed by atoms with E-state index >= 15 is 0 Å². The first kappa shape index (κ1) is 16.2. The van der Waals surface area contributed by atoms with Gasteiger partial charge in [-0.15, -0.1) is 0 Å². The summed E-state index contributed by atoms with van der Waals surface area (Å²) in [5, 5.41) is 0. The predicted molar refractivity (Wildman–Crippen MR) is 96.7 cm³/mol. The molecule has 1 aliphatic rings. The summed E-state index contributed by atoms with van der Waals surface area (Å²) >= 11 is 0. The Labute approximate surface area is 150 Å². The number of benzene rings is 2. The number of halogens is 1. The molecule has 0 bridgehead atoms. The summed E-state index contributed by atoms with van der Waals surface area (Å²) in [7, 11) is 0. The van der Waals surface area contributed by atoms with Crippen LogP contribution in [0, 0.1) is 5.82 Å². The zero-order chi connectivity index (χ0) is 18.1. The second-order valence-electron chi connectivity index (χ2n) is 6.26. The lowest BCUT2D eigenvalue weighted by Crippen LogP contribution is -2.45. The number of rotatable bonds is 3. The average Bonchev–Trinajstić information content (AvgIpc) is 2.63. The fraction of sp³-hybridized carbons (Fsp3) is 0.150. The van der Waals surface area contributed by atoms with Crippen molar-refractivity contribution < 1.29 is 9.18 Å². The van der Waals surface area contributed by atoms with E-state index in [1.807, 2.05) is 17.0 Å². The predicted octanol–water partition coefficient (Wildman–Crippen LogP) is 3.45. The molecule has 1 aromatic heterocycles. The van der Waals surface area contributed by atoms with Gasteiger partial charge in [-0.05, 0) is 36.2 Å². The summed E-state index contributed by atoms with van der Waals surface area (Å²) in [5.74, 6) is 0.0485. The summed E-state index contributed by atoms with van der Waals surface area (Å²) in [5.41, 5.74) is 8.74. The molecule has 4 rings (SSSR count). The summed E-state index contributed by atoms with van der Waals surface area (Å²) < 4.78 is 13.1. The highest BCUT2D eigenvalue weighted by atomic mass is 19.1. The fourth-order valence-electron chi connectivity index (χ4n) is 3.13. The van der Waals surface area contributed by atoms with Crippen molar-refractivity contribution in [3.05, 3.63) is 77.9 Å². The molecule has 0 spiro atoms. The van der Waals surface area contributed by atoms with E-state index in [4.69, 9.17) is 5.73 Å². The molecule has 1 aliphatic heterocycles. The summed E-state index contributed by atoms with van der Waals surface area (Å²) in [4.78, 5) is 22.8. The minimum atomic E-state index is -0.272. The number of carbonyl (C=O) groups excluding carboxylic acids is 1. The molecule has 3 aromatic rings. The van der Waals surface area contributed by atoms with E-state index in [0.29, 0.717) is 23.6 Å². The normalized spacial score (nSPS) is 16.2. The minimum Gasteiger partial charge on any atom is -0.382 e. The lowest BCUT2D eigenvalue weighted by atomic mass is 9.93. The van der Waals surface area contributed by atoms with Crippen LogP contribution in [0.25, 0.3) is 11.3 Å². The summed E-state index contributed by atoms with van der Waals surface area (Å²) in [6.45, 7) is 0.698. The van der Waals surface area contributed by atoms with Crippen LogP contribution >= 0.6 is 0 Å². The van der Waals surface area contributed by atoms with Crippen molar-refractivity contribution in [2.24, 2.45) is 0 Å². The molecule has 26 heavy (non-hydrogen) atoms. The van der Waals surface area contributed by atoms with Crippen molar-refractivity contribution in [3.8, 4) is 11.3 Å². The van der Waals surface area contributed by atoms with Gasteiger partial charge in [0.15, 0.2) is 0 Å². The molecule has 5 nitrogen and oxygen atoms in total. The molecule has 2 aromatic carbocycles. The first-order chi connectivity index (χ1) is 12.6. The highest BCUT2D eigenvalue weighted by Gasteiger charge is 2.33. The number of nitrogens with two attached hydrogens (primary N) is 1. The quantitative estimate of drug-likeness (QED) is 0.787. The molecule has 6 heteroatoms. The molecule has 2 heterocycles. The van der Waals surface area contributed by atoms with Crippen LogP contribution in [0.1, 0.15) is 28.4 Å². The van der Waals surface area contributed by atoms with E-state index in [-0.39, 0.29) is 17.8 Å². The Morgan fingerprint density at radius 2 is 1.81 bits per heavy atom. The zero-order valence-electron chi connectivity index (χ0n) is 14.0. The van der Waals surface area contributed by atoms with E-state index < -0.39 is 0 Å². The molecule has 130 valence electrons. The van der Waals surface area contributed by atoms with Crippen LogP contribution in [0.5, 0.6) is 0 Å². The van der Waals surface area contributed by atoms with Gasteiger partial charge >= 0.3 is 0 Å². The van der Waals surface area contributed by atoms with Crippen LogP contribution in [0.2, 0.25) is 0 Å². The number of aromatic nitrogens is 2. The molecular formula is C20H17FN4O. The zero-order valence-corrected chi connectivity index (χ0v) is 14.0. The van der Waals surface area contributed by atoms with Crippen molar-refractivity contribution in [1.29, 1.82) is 0 Å². The number of hydrogen-bond acceptors (Lipinski definition) is 4. The van der Waals surface area contributed by atoms with Crippen molar-refractivity contribution >= 4 is 11.7 Å². The standard InChI is InChI=1S/C20H17FN4O/c21-16-7-5-14(6-8-16)18-9-10-25(18)20(26)15-3-1-13(2-4-15)17-11-23-12-19(22)24-17/h1-8,11-12,18H,9-10H2,(H2,22,24). The summed E-state index contributed by atoms with van der Waals surface area (Å²) in [6.07, 6.45) is 4.00. The van der Waals surface area contributed by atoms with Crippen LogP contribution in [0.3, 0.4) is 0 Å².